The molecule has 0 radical (unpaired) electrons. The van der Waals surface area contributed by atoms with Gasteiger partial charge in [-0.05, 0) is 30.5 Å². The normalized spacial score (nSPS) is 12.9. The van der Waals surface area contributed by atoms with E-state index < -0.39 is 0 Å². The molecule has 1 atom stereocenters. The summed E-state index contributed by atoms with van der Waals surface area (Å²) in [7, 11) is 1.94. The van der Waals surface area contributed by atoms with E-state index in [1.165, 1.54) is 23.4 Å². The monoisotopic (exact) mass is 275 g/mol. The first-order chi connectivity index (χ1) is 9.49. The Morgan fingerprint density at radius 1 is 1.25 bits per heavy atom. The third kappa shape index (κ3) is 3.25. The molecule has 4 heteroatoms. The van der Waals surface area contributed by atoms with Crippen LogP contribution in [0.4, 0.5) is 4.39 Å². The van der Waals surface area contributed by atoms with Crippen LogP contribution in [0.1, 0.15) is 36.7 Å². The number of aryl methyl sites for hydroxylation is 1. The van der Waals surface area contributed by atoms with Gasteiger partial charge in [0.1, 0.15) is 5.82 Å². The van der Waals surface area contributed by atoms with E-state index in [0.29, 0.717) is 5.92 Å². The number of hydrogen-bond acceptors (Lipinski definition) is 2. The Morgan fingerprint density at radius 2 is 1.90 bits per heavy atom. The van der Waals surface area contributed by atoms with Gasteiger partial charge in [0, 0.05) is 30.9 Å². The number of halogens is 1. The lowest BCUT2D eigenvalue weighted by atomic mass is 9.96. The Hall–Kier alpha value is -1.68. The maximum Gasteiger partial charge on any atom is 0.123 e. The molecule has 0 aliphatic heterocycles. The molecule has 0 saturated heterocycles. The number of aromatic nitrogens is 2. The van der Waals surface area contributed by atoms with Crippen LogP contribution in [0.25, 0.3) is 0 Å². The zero-order chi connectivity index (χ0) is 14.7. The van der Waals surface area contributed by atoms with E-state index in [0.717, 1.165) is 12.1 Å². The van der Waals surface area contributed by atoms with Gasteiger partial charge in [-0.1, -0.05) is 26.0 Å². The average molecular weight is 275 g/mol. The predicted molar refractivity (Wildman–Crippen MR) is 78.8 cm³/mol. The summed E-state index contributed by atoms with van der Waals surface area (Å²) in [6.45, 7) is 7.15. The minimum atomic E-state index is -0.195. The van der Waals surface area contributed by atoms with Gasteiger partial charge in [-0.3, -0.25) is 4.68 Å². The summed E-state index contributed by atoms with van der Waals surface area (Å²) in [6.07, 6.45) is 1.89. The Kier molecular flexibility index (Phi) is 4.55. The second-order valence-electron chi connectivity index (χ2n) is 5.53. The van der Waals surface area contributed by atoms with E-state index in [-0.39, 0.29) is 11.9 Å². The summed E-state index contributed by atoms with van der Waals surface area (Å²) in [5.41, 5.74) is 3.47. The summed E-state index contributed by atoms with van der Waals surface area (Å²) in [5.74, 6) is 0.233. The first-order valence-electron chi connectivity index (χ1n) is 6.95. The lowest BCUT2D eigenvalue weighted by Crippen LogP contribution is -2.25. The van der Waals surface area contributed by atoms with Crippen molar-refractivity contribution in [1.29, 1.82) is 0 Å². The van der Waals surface area contributed by atoms with Gasteiger partial charge in [0.2, 0.25) is 0 Å². The average Bonchev–Trinajstić information content (AvgIpc) is 2.72. The lowest BCUT2D eigenvalue weighted by Gasteiger charge is -2.23. The fourth-order valence-corrected chi connectivity index (χ4v) is 2.35. The maximum atomic E-state index is 13.0. The first-order valence-corrected chi connectivity index (χ1v) is 6.95. The Bertz CT molecular complexity index is 558. The van der Waals surface area contributed by atoms with Crippen LogP contribution >= 0.6 is 0 Å². The van der Waals surface area contributed by atoms with Crippen LogP contribution in [0.3, 0.4) is 0 Å². The van der Waals surface area contributed by atoms with E-state index in [1.54, 1.807) is 0 Å². The minimum absolute atomic E-state index is 0.195. The molecule has 20 heavy (non-hydrogen) atoms. The van der Waals surface area contributed by atoms with Gasteiger partial charge in [0.15, 0.2) is 0 Å². The van der Waals surface area contributed by atoms with Crippen molar-refractivity contribution in [3.05, 3.63) is 53.1 Å². The molecule has 108 valence electrons. The molecule has 2 rings (SSSR count). The van der Waals surface area contributed by atoms with Crippen LogP contribution in [0.2, 0.25) is 0 Å². The van der Waals surface area contributed by atoms with Crippen LogP contribution in [-0.2, 0) is 13.6 Å². The molecule has 1 aromatic carbocycles. The molecule has 0 saturated carbocycles. The van der Waals surface area contributed by atoms with Crippen LogP contribution in [-0.4, -0.2) is 9.78 Å². The SMILES string of the molecule is Cc1c(CNC(c2ccc(F)cc2)C(C)C)cnn1C. The number of nitrogens with one attached hydrogen (secondary N) is 1. The number of hydrogen-bond donors (Lipinski definition) is 1. The second-order valence-corrected chi connectivity index (χ2v) is 5.53. The molecule has 0 aliphatic rings. The van der Waals surface area contributed by atoms with Crippen molar-refractivity contribution in [2.24, 2.45) is 13.0 Å². The van der Waals surface area contributed by atoms with Gasteiger partial charge in [0.25, 0.3) is 0 Å². The van der Waals surface area contributed by atoms with Gasteiger partial charge in [-0.25, -0.2) is 4.39 Å². The summed E-state index contributed by atoms with van der Waals surface area (Å²) >= 11 is 0. The van der Waals surface area contributed by atoms with E-state index >= 15 is 0 Å². The molecule has 0 fully saturated rings. The topological polar surface area (TPSA) is 29.9 Å². The van der Waals surface area contributed by atoms with Crippen LogP contribution in [0.5, 0.6) is 0 Å². The molecule has 3 nitrogen and oxygen atoms in total. The Balaban J connectivity index is 2.10. The first kappa shape index (κ1) is 14.7. The van der Waals surface area contributed by atoms with Crippen molar-refractivity contribution in [2.75, 3.05) is 0 Å². The summed E-state index contributed by atoms with van der Waals surface area (Å²) in [6, 6.07) is 6.94. The molecular weight excluding hydrogens is 253 g/mol. The fraction of sp³-hybridized carbons (Fsp3) is 0.438. The number of nitrogens with zero attached hydrogens (tertiary/aromatic N) is 2. The van der Waals surface area contributed by atoms with E-state index in [1.807, 2.05) is 30.1 Å². The van der Waals surface area contributed by atoms with E-state index in [9.17, 15) is 4.39 Å². The summed E-state index contributed by atoms with van der Waals surface area (Å²) in [4.78, 5) is 0. The van der Waals surface area contributed by atoms with Gasteiger partial charge in [-0.15, -0.1) is 0 Å². The molecule has 0 amide bonds. The number of rotatable bonds is 5. The molecule has 0 bridgehead atoms. The van der Waals surface area contributed by atoms with Crippen LogP contribution in [0, 0.1) is 18.7 Å². The molecule has 1 heterocycles. The fourth-order valence-electron chi connectivity index (χ4n) is 2.35. The summed E-state index contributed by atoms with van der Waals surface area (Å²) in [5, 5.41) is 7.80. The van der Waals surface area contributed by atoms with Crippen LogP contribution in [0.15, 0.2) is 30.5 Å². The van der Waals surface area contributed by atoms with Crippen molar-refractivity contribution < 1.29 is 4.39 Å². The van der Waals surface area contributed by atoms with E-state index in [2.05, 4.69) is 31.2 Å². The molecule has 2 aromatic rings. The molecule has 0 spiro atoms. The van der Waals surface area contributed by atoms with Crippen molar-refractivity contribution in [2.45, 2.75) is 33.4 Å². The van der Waals surface area contributed by atoms with Gasteiger partial charge in [-0.2, -0.15) is 5.10 Å². The summed E-state index contributed by atoms with van der Waals surface area (Å²) < 4.78 is 14.9. The third-order valence-electron chi connectivity index (χ3n) is 3.75. The van der Waals surface area contributed by atoms with Gasteiger partial charge in [0.05, 0.1) is 6.20 Å². The maximum absolute atomic E-state index is 13.0. The van der Waals surface area contributed by atoms with Gasteiger partial charge < -0.3 is 5.32 Å². The standard InChI is InChI=1S/C16H22FN3/c1-11(2)16(13-5-7-15(17)8-6-13)18-9-14-10-19-20(4)12(14)3/h5-8,10-11,16,18H,9H2,1-4H3. The smallest absolute Gasteiger partial charge is 0.123 e. The van der Waals surface area contributed by atoms with E-state index in [4.69, 9.17) is 0 Å². The molecule has 0 aliphatic carbocycles. The second kappa shape index (κ2) is 6.18. The molecule has 1 N–H and O–H groups in total. The highest BCUT2D eigenvalue weighted by Gasteiger charge is 2.16. The largest absolute Gasteiger partial charge is 0.306 e. The Morgan fingerprint density at radius 3 is 2.40 bits per heavy atom. The highest BCUT2D eigenvalue weighted by molar-refractivity contribution is 5.21. The zero-order valence-corrected chi connectivity index (χ0v) is 12.5. The third-order valence-corrected chi connectivity index (χ3v) is 3.75. The quantitative estimate of drug-likeness (QED) is 0.907. The molecular formula is C16H22FN3. The Labute approximate surface area is 119 Å². The zero-order valence-electron chi connectivity index (χ0n) is 12.5. The van der Waals surface area contributed by atoms with Crippen molar-refractivity contribution in [3.63, 3.8) is 0 Å². The van der Waals surface area contributed by atoms with Crippen molar-refractivity contribution in [3.8, 4) is 0 Å². The highest BCUT2D eigenvalue weighted by Crippen LogP contribution is 2.22. The van der Waals surface area contributed by atoms with Crippen LogP contribution < -0.4 is 5.32 Å². The molecule has 1 unspecified atom stereocenters. The lowest BCUT2D eigenvalue weighted by molar-refractivity contribution is 0.409. The number of benzene rings is 1. The van der Waals surface area contributed by atoms with Crippen molar-refractivity contribution in [1.82, 2.24) is 15.1 Å². The van der Waals surface area contributed by atoms with Crippen molar-refractivity contribution >= 4 is 0 Å². The molecule has 1 aromatic heterocycles. The highest BCUT2D eigenvalue weighted by atomic mass is 19.1. The predicted octanol–water partition coefficient (Wildman–Crippen LogP) is 3.35. The minimum Gasteiger partial charge on any atom is -0.306 e. The van der Waals surface area contributed by atoms with Gasteiger partial charge >= 0.3 is 0 Å².